The summed E-state index contributed by atoms with van der Waals surface area (Å²) in [6, 6.07) is 7.92. The zero-order valence-corrected chi connectivity index (χ0v) is 9.76. The van der Waals surface area contributed by atoms with Crippen molar-refractivity contribution >= 4 is 17.5 Å². The fraction of sp³-hybridized carbons (Fsp3) is 0.462. The Hall–Kier alpha value is -1.02. The van der Waals surface area contributed by atoms with Gasteiger partial charge in [0.05, 0.1) is 5.41 Å². The van der Waals surface area contributed by atoms with Crippen LogP contribution in [0.25, 0.3) is 0 Å². The molecule has 1 heterocycles. The summed E-state index contributed by atoms with van der Waals surface area (Å²) < 4.78 is 0. The molecular formula is C13H14ClNO. The lowest BCUT2D eigenvalue weighted by Crippen LogP contribution is -2.40. The molecule has 1 aromatic rings. The lowest BCUT2D eigenvalue weighted by molar-refractivity contribution is -0.132. The number of nitrogens with one attached hydrogen (secondary N) is 1. The van der Waals surface area contributed by atoms with Crippen LogP contribution in [-0.4, -0.2) is 12.5 Å². The summed E-state index contributed by atoms with van der Waals surface area (Å²) >= 11 is 6.01. The van der Waals surface area contributed by atoms with Gasteiger partial charge in [-0.05, 0) is 30.5 Å². The van der Waals surface area contributed by atoms with Gasteiger partial charge in [-0.3, -0.25) is 4.79 Å². The Bertz CT molecular complexity index is 439. The van der Waals surface area contributed by atoms with Crippen molar-refractivity contribution in [3.8, 4) is 0 Å². The lowest BCUT2D eigenvalue weighted by atomic mass is 9.61. The smallest absolute Gasteiger partial charge is 0.226 e. The SMILES string of the molecule is O=C1NCC(c2cccc(Cl)c2)C12CCC2. The average molecular weight is 236 g/mol. The first-order valence-electron chi connectivity index (χ1n) is 5.76. The Morgan fingerprint density at radius 2 is 2.19 bits per heavy atom. The molecule has 1 aliphatic heterocycles. The van der Waals surface area contributed by atoms with Crippen molar-refractivity contribution in [1.29, 1.82) is 0 Å². The van der Waals surface area contributed by atoms with Crippen molar-refractivity contribution in [2.75, 3.05) is 6.54 Å². The van der Waals surface area contributed by atoms with Crippen LogP contribution in [0.3, 0.4) is 0 Å². The molecule has 2 fully saturated rings. The first-order valence-corrected chi connectivity index (χ1v) is 6.14. The van der Waals surface area contributed by atoms with E-state index in [9.17, 15) is 4.79 Å². The second kappa shape index (κ2) is 3.49. The van der Waals surface area contributed by atoms with Crippen LogP contribution in [0.1, 0.15) is 30.7 Å². The van der Waals surface area contributed by atoms with Crippen molar-refractivity contribution < 1.29 is 4.79 Å². The van der Waals surface area contributed by atoms with E-state index in [0.29, 0.717) is 5.92 Å². The van der Waals surface area contributed by atoms with Gasteiger partial charge in [-0.15, -0.1) is 0 Å². The number of amides is 1. The Morgan fingerprint density at radius 1 is 1.38 bits per heavy atom. The molecule has 1 aliphatic carbocycles. The van der Waals surface area contributed by atoms with E-state index in [2.05, 4.69) is 11.4 Å². The maximum Gasteiger partial charge on any atom is 0.226 e. The minimum Gasteiger partial charge on any atom is -0.355 e. The first kappa shape index (κ1) is 10.2. The van der Waals surface area contributed by atoms with E-state index >= 15 is 0 Å². The molecule has 1 atom stereocenters. The van der Waals surface area contributed by atoms with Gasteiger partial charge in [0, 0.05) is 17.5 Å². The monoisotopic (exact) mass is 235 g/mol. The molecule has 1 amide bonds. The van der Waals surface area contributed by atoms with Crippen LogP contribution in [-0.2, 0) is 4.79 Å². The Labute approximate surface area is 100.0 Å². The van der Waals surface area contributed by atoms with E-state index in [4.69, 9.17) is 11.6 Å². The van der Waals surface area contributed by atoms with Crippen LogP contribution in [0.4, 0.5) is 0 Å². The molecule has 3 rings (SSSR count). The van der Waals surface area contributed by atoms with Crippen LogP contribution in [0.5, 0.6) is 0 Å². The van der Waals surface area contributed by atoms with Gasteiger partial charge >= 0.3 is 0 Å². The van der Waals surface area contributed by atoms with Gasteiger partial charge < -0.3 is 5.32 Å². The van der Waals surface area contributed by atoms with Gasteiger partial charge in [-0.25, -0.2) is 0 Å². The fourth-order valence-electron chi connectivity index (χ4n) is 3.02. The molecule has 0 radical (unpaired) electrons. The summed E-state index contributed by atoms with van der Waals surface area (Å²) in [5.74, 6) is 0.552. The third-order valence-corrected chi connectivity index (χ3v) is 4.32. The van der Waals surface area contributed by atoms with E-state index in [1.165, 1.54) is 12.0 Å². The summed E-state index contributed by atoms with van der Waals surface area (Å²) in [5.41, 5.74) is 1.08. The third kappa shape index (κ3) is 1.29. The normalized spacial score (nSPS) is 26.6. The maximum atomic E-state index is 11.9. The van der Waals surface area contributed by atoms with Crippen molar-refractivity contribution in [3.05, 3.63) is 34.9 Å². The molecule has 1 saturated heterocycles. The standard InChI is InChI=1S/C13H14ClNO/c14-10-4-1-3-9(7-10)11-8-15-12(16)13(11)5-2-6-13/h1,3-4,7,11H,2,5-6,8H2,(H,15,16). The molecule has 16 heavy (non-hydrogen) atoms. The van der Waals surface area contributed by atoms with Gasteiger partial charge in [0.15, 0.2) is 0 Å². The molecule has 2 nitrogen and oxygen atoms in total. The highest BCUT2D eigenvalue weighted by Gasteiger charge is 2.54. The average Bonchev–Trinajstić information content (AvgIpc) is 2.55. The predicted octanol–water partition coefficient (Wildman–Crippen LogP) is 2.72. The number of hydrogen-bond acceptors (Lipinski definition) is 1. The van der Waals surface area contributed by atoms with Gasteiger partial charge in [-0.1, -0.05) is 30.2 Å². The van der Waals surface area contributed by atoms with Crippen LogP contribution in [0.15, 0.2) is 24.3 Å². The van der Waals surface area contributed by atoms with Crippen molar-refractivity contribution in [1.82, 2.24) is 5.32 Å². The van der Waals surface area contributed by atoms with Crippen LogP contribution in [0.2, 0.25) is 5.02 Å². The number of benzene rings is 1. The first-order chi connectivity index (χ1) is 7.72. The molecule has 3 heteroatoms. The lowest BCUT2D eigenvalue weighted by Gasteiger charge is -2.40. The summed E-state index contributed by atoms with van der Waals surface area (Å²) in [5, 5.41) is 3.75. The van der Waals surface area contributed by atoms with Crippen LogP contribution < -0.4 is 5.32 Å². The predicted molar refractivity (Wildman–Crippen MR) is 63.5 cm³/mol. The molecular weight excluding hydrogens is 222 g/mol. The van der Waals surface area contributed by atoms with E-state index in [1.807, 2.05) is 18.2 Å². The molecule has 1 aromatic carbocycles. The van der Waals surface area contributed by atoms with E-state index < -0.39 is 0 Å². The van der Waals surface area contributed by atoms with Gasteiger partial charge in [-0.2, -0.15) is 0 Å². The summed E-state index contributed by atoms with van der Waals surface area (Å²) in [4.78, 5) is 11.9. The summed E-state index contributed by atoms with van der Waals surface area (Å²) in [6.45, 7) is 0.763. The quantitative estimate of drug-likeness (QED) is 0.797. The minimum absolute atomic E-state index is 0.120. The van der Waals surface area contributed by atoms with Crippen molar-refractivity contribution in [3.63, 3.8) is 0 Å². The molecule has 1 spiro atoms. The Morgan fingerprint density at radius 3 is 2.81 bits per heavy atom. The van der Waals surface area contributed by atoms with Gasteiger partial charge in [0.2, 0.25) is 5.91 Å². The fourth-order valence-corrected chi connectivity index (χ4v) is 3.22. The molecule has 1 N–H and O–H groups in total. The van der Waals surface area contributed by atoms with Crippen molar-refractivity contribution in [2.24, 2.45) is 5.41 Å². The number of rotatable bonds is 1. The van der Waals surface area contributed by atoms with Crippen LogP contribution >= 0.6 is 11.6 Å². The van der Waals surface area contributed by atoms with E-state index in [0.717, 1.165) is 24.4 Å². The van der Waals surface area contributed by atoms with E-state index in [1.54, 1.807) is 0 Å². The zero-order chi connectivity index (χ0) is 11.2. The van der Waals surface area contributed by atoms with Crippen LogP contribution in [0, 0.1) is 5.41 Å². The van der Waals surface area contributed by atoms with Gasteiger partial charge in [0.25, 0.3) is 0 Å². The Kier molecular flexibility index (Phi) is 2.21. The Balaban J connectivity index is 1.98. The number of carbonyl (C=O) groups is 1. The molecule has 0 aromatic heterocycles. The van der Waals surface area contributed by atoms with E-state index in [-0.39, 0.29) is 11.3 Å². The summed E-state index contributed by atoms with van der Waals surface area (Å²) in [6.07, 6.45) is 3.22. The number of carbonyl (C=O) groups excluding carboxylic acids is 1. The zero-order valence-electron chi connectivity index (χ0n) is 9.00. The molecule has 84 valence electrons. The second-order valence-electron chi connectivity index (χ2n) is 4.83. The maximum absolute atomic E-state index is 11.9. The second-order valence-corrected chi connectivity index (χ2v) is 5.26. The molecule has 1 unspecified atom stereocenters. The highest BCUT2D eigenvalue weighted by molar-refractivity contribution is 6.30. The molecule has 2 aliphatic rings. The van der Waals surface area contributed by atoms with Gasteiger partial charge in [0.1, 0.15) is 0 Å². The minimum atomic E-state index is -0.120. The summed E-state index contributed by atoms with van der Waals surface area (Å²) in [7, 11) is 0. The highest BCUT2D eigenvalue weighted by atomic mass is 35.5. The third-order valence-electron chi connectivity index (χ3n) is 4.08. The highest BCUT2D eigenvalue weighted by Crippen LogP contribution is 2.54. The molecule has 1 saturated carbocycles. The molecule has 0 bridgehead atoms. The number of hydrogen-bond donors (Lipinski definition) is 1. The van der Waals surface area contributed by atoms with Crippen molar-refractivity contribution in [2.45, 2.75) is 25.2 Å². The largest absolute Gasteiger partial charge is 0.355 e. The number of halogens is 1. The topological polar surface area (TPSA) is 29.1 Å².